The van der Waals surface area contributed by atoms with E-state index in [1.807, 2.05) is 30.3 Å². The predicted octanol–water partition coefficient (Wildman–Crippen LogP) is 4.64. The smallest absolute Gasteiger partial charge is 0.222 e. The first-order valence-electron chi connectivity index (χ1n) is 8.62. The summed E-state index contributed by atoms with van der Waals surface area (Å²) in [7, 11) is 0. The predicted molar refractivity (Wildman–Crippen MR) is 105 cm³/mol. The zero-order valence-electron chi connectivity index (χ0n) is 14.8. The van der Waals surface area contributed by atoms with Crippen LogP contribution in [0.4, 0.5) is 5.82 Å². The highest BCUT2D eigenvalue weighted by molar-refractivity contribution is 6.04. The molecular formula is C22H19N3O. The lowest BCUT2D eigenvalue weighted by Gasteiger charge is -2.12. The minimum atomic E-state index is -0.149. The van der Waals surface area contributed by atoms with Crippen molar-refractivity contribution >= 4 is 33.5 Å². The number of amides is 1. The third-order valence-electron chi connectivity index (χ3n) is 4.39. The van der Waals surface area contributed by atoms with Crippen LogP contribution in [0.2, 0.25) is 0 Å². The maximum absolute atomic E-state index is 11.6. The van der Waals surface area contributed by atoms with Crippen molar-refractivity contribution in [3.8, 4) is 0 Å². The molecule has 1 heterocycles. The zero-order chi connectivity index (χ0) is 18.1. The molecule has 0 radical (unpaired) electrons. The second kappa shape index (κ2) is 6.56. The molecule has 1 aromatic heterocycles. The lowest BCUT2D eigenvalue weighted by Crippen LogP contribution is -2.12. The van der Waals surface area contributed by atoms with Crippen molar-refractivity contribution in [3.05, 3.63) is 77.5 Å². The second-order valence-electron chi connectivity index (χ2n) is 6.52. The van der Waals surface area contributed by atoms with Crippen molar-refractivity contribution in [1.29, 1.82) is 0 Å². The highest BCUT2D eigenvalue weighted by atomic mass is 16.1. The van der Waals surface area contributed by atoms with Crippen LogP contribution < -0.4 is 5.32 Å². The first-order valence-corrected chi connectivity index (χ1v) is 8.62. The van der Waals surface area contributed by atoms with Gasteiger partial charge in [-0.1, -0.05) is 60.2 Å². The van der Waals surface area contributed by atoms with Crippen molar-refractivity contribution in [2.75, 3.05) is 5.32 Å². The van der Waals surface area contributed by atoms with Gasteiger partial charge in [-0.3, -0.25) is 4.79 Å². The van der Waals surface area contributed by atoms with Gasteiger partial charge in [0, 0.05) is 18.7 Å². The third kappa shape index (κ3) is 3.14. The summed E-state index contributed by atoms with van der Waals surface area (Å²) < 4.78 is 0. The van der Waals surface area contributed by atoms with Crippen molar-refractivity contribution in [1.82, 2.24) is 9.97 Å². The van der Waals surface area contributed by atoms with E-state index in [2.05, 4.69) is 47.6 Å². The summed E-state index contributed by atoms with van der Waals surface area (Å²) in [6, 6.07) is 20.4. The van der Waals surface area contributed by atoms with Crippen molar-refractivity contribution in [2.45, 2.75) is 20.3 Å². The molecule has 0 atom stereocenters. The monoisotopic (exact) mass is 341 g/mol. The van der Waals surface area contributed by atoms with Crippen LogP contribution in [0.1, 0.15) is 23.7 Å². The highest BCUT2D eigenvalue weighted by Gasteiger charge is 2.13. The number of nitrogens with zero attached hydrogens (tertiary/aromatic N) is 2. The number of hydrogen-bond donors (Lipinski definition) is 1. The molecule has 0 spiro atoms. The summed E-state index contributed by atoms with van der Waals surface area (Å²) in [5, 5.41) is 5.05. The minimum absolute atomic E-state index is 0.149. The Morgan fingerprint density at radius 1 is 1.00 bits per heavy atom. The summed E-state index contributed by atoms with van der Waals surface area (Å²) in [6.07, 6.45) is 0.613. The molecule has 1 N–H and O–H groups in total. The molecule has 4 nitrogen and oxygen atoms in total. The molecule has 0 bridgehead atoms. The average Bonchev–Trinajstić information content (AvgIpc) is 2.62. The van der Waals surface area contributed by atoms with Gasteiger partial charge in [-0.25, -0.2) is 9.97 Å². The largest absolute Gasteiger partial charge is 0.309 e. The van der Waals surface area contributed by atoms with Crippen LogP contribution in [0, 0.1) is 6.92 Å². The minimum Gasteiger partial charge on any atom is -0.309 e. The standard InChI is InChI=1S/C22H19N3O/c1-14-8-10-18-17(12-14)9-11-19-21(18)24-20(22(25-19)23-15(2)26)13-16-6-4-3-5-7-16/h3-12H,13H2,1-2H3,(H,23,25,26). The van der Waals surface area contributed by atoms with Gasteiger partial charge in [-0.2, -0.15) is 0 Å². The van der Waals surface area contributed by atoms with Gasteiger partial charge in [0.1, 0.15) is 0 Å². The number of anilines is 1. The molecule has 0 saturated carbocycles. The van der Waals surface area contributed by atoms with Gasteiger partial charge in [0.05, 0.1) is 16.7 Å². The van der Waals surface area contributed by atoms with Gasteiger partial charge in [0.2, 0.25) is 5.91 Å². The Bertz CT molecular complexity index is 1120. The number of carbonyl (C=O) groups is 1. The maximum atomic E-state index is 11.6. The van der Waals surface area contributed by atoms with Crippen LogP contribution in [0.3, 0.4) is 0 Å². The Hall–Kier alpha value is -3.27. The first kappa shape index (κ1) is 16.2. The van der Waals surface area contributed by atoms with Crippen molar-refractivity contribution in [2.24, 2.45) is 0 Å². The molecule has 0 unspecified atom stereocenters. The summed E-state index contributed by atoms with van der Waals surface area (Å²) in [4.78, 5) is 21.2. The Morgan fingerprint density at radius 2 is 1.81 bits per heavy atom. The fourth-order valence-corrected chi connectivity index (χ4v) is 3.18. The van der Waals surface area contributed by atoms with E-state index in [9.17, 15) is 4.79 Å². The molecule has 0 aliphatic carbocycles. The molecule has 3 aromatic carbocycles. The van der Waals surface area contributed by atoms with Crippen LogP contribution in [-0.4, -0.2) is 15.9 Å². The van der Waals surface area contributed by atoms with E-state index in [4.69, 9.17) is 4.98 Å². The number of benzene rings is 3. The molecule has 128 valence electrons. The van der Waals surface area contributed by atoms with Gasteiger partial charge in [-0.15, -0.1) is 0 Å². The van der Waals surface area contributed by atoms with E-state index < -0.39 is 0 Å². The van der Waals surface area contributed by atoms with Gasteiger partial charge < -0.3 is 5.32 Å². The molecule has 4 aromatic rings. The number of rotatable bonds is 3. The first-order chi connectivity index (χ1) is 12.6. The van der Waals surface area contributed by atoms with E-state index >= 15 is 0 Å². The number of hydrogen-bond acceptors (Lipinski definition) is 3. The number of nitrogens with one attached hydrogen (secondary N) is 1. The summed E-state index contributed by atoms with van der Waals surface area (Å²) in [6.45, 7) is 3.57. The van der Waals surface area contributed by atoms with Crippen molar-refractivity contribution in [3.63, 3.8) is 0 Å². The Labute approximate surface area is 151 Å². The number of aromatic nitrogens is 2. The maximum Gasteiger partial charge on any atom is 0.222 e. The van der Waals surface area contributed by atoms with E-state index in [0.717, 1.165) is 33.1 Å². The number of aryl methyl sites for hydroxylation is 1. The molecule has 26 heavy (non-hydrogen) atoms. The summed E-state index contributed by atoms with van der Waals surface area (Å²) >= 11 is 0. The van der Waals surface area contributed by atoms with Gasteiger partial charge >= 0.3 is 0 Å². The molecular weight excluding hydrogens is 322 g/mol. The number of carbonyl (C=O) groups excluding carboxylic acids is 1. The molecule has 4 rings (SSSR count). The summed E-state index contributed by atoms with van der Waals surface area (Å²) in [5.41, 5.74) is 4.75. The van der Waals surface area contributed by atoms with Crippen LogP contribution in [0.15, 0.2) is 60.7 Å². The molecule has 0 aliphatic heterocycles. The molecule has 4 heteroatoms. The van der Waals surface area contributed by atoms with Gasteiger partial charge in [0.25, 0.3) is 0 Å². The second-order valence-corrected chi connectivity index (χ2v) is 6.52. The molecule has 0 aliphatic rings. The Morgan fingerprint density at radius 3 is 2.58 bits per heavy atom. The van der Waals surface area contributed by atoms with Crippen LogP contribution >= 0.6 is 0 Å². The van der Waals surface area contributed by atoms with Crippen LogP contribution in [0.5, 0.6) is 0 Å². The third-order valence-corrected chi connectivity index (χ3v) is 4.39. The average molecular weight is 341 g/mol. The molecule has 0 fully saturated rings. The van der Waals surface area contributed by atoms with Gasteiger partial charge in [-0.05, 0) is 23.9 Å². The molecule has 1 amide bonds. The normalized spacial score (nSPS) is 11.0. The Balaban J connectivity index is 1.93. The SMILES string of the molecule is CC(=O)Nc1nc2ccc3cc(C)ccc3c2nc1Cc1ccccc1. The lowest BCUT2D eigenvalue weighted by atomic mass is 10.0. The zero-order valence-corrected chi connectivity index (χ0v) is 14.8. The van der Waals surface area contributed by atoms with E-state index in [-0.39, 0.29) is 5.91 Å². The van der Waals surface area contributed by atoms with E-state index in [0.29, 0.717) is 12.2 Å². The number of fused-ring (bicyclic) bond motifs is 3. The highest BCUT2D eigenvalue weighted by Crippen LogP contribution is 2.27. The van der Waals surface area contributed by atoms with Crippen molar-refractivity contribution < 1.29 is 4.79 Å². The molecule has 0 saturated heterocycles. The Kier molecular flexibility index (Phi) is 4.09. The van der Waals surface area contributed by atoms with E-state index in [1.54, 1.807) is 0 Å². The van der Waals surface area contributed by atoms with E-state index in [1.165, 1.54) is 12.5 Å². The lowest BCUT2D eigenvalue weighted by molar-refractivity contribution is -0.114. The van der Waals surface area contributed by atoms with Crippen LogP contribution in [0.25, 0.3) is 21.8 Å². The summed E-state index contributed by atoms with van der Waals surface area (Å²) in [5.74, 6) is 0.379. The van der Waals surface area contributed by atoms with Crippen LogP contribution in [-0.2, 0) is 11.2 Å². The topological polar surface area (TPSA) is 54.9 Å². The fourth-order valence-electron chi connectivity index (χ4n) is 3.18. The fraction of sp³-hybridized carbons (Fsp3) is 0.136. The quantitative estimate of drug-likeness (QED) is 0.552. The van der Waals surface area contributed by atoms with Gasteiger partial charge in [0.15, 0.2) is 5.82 Å².